The molecule has 0 spiro atoms. The Hall–Kier alpha value is -2.92. The summed E-state index contributed by atoms with van der Waals surface area (Å²) < 4.78 is 1.77. The van der Waals surface area contributed by atoms with Crippen molar-refractivity contribution in [2.24, 2.45) is 0 Å². The van der Waals surface area contributed by atoms with Crippen LogP contribution in [0.25, 0.3) is 5.69 Å². The third-order valence-electron chi connectivity index (χ3n) is 5.00. The van der Waals surface area contributed by atoms with Crippen molar-refractivity contribution in [3.63, 3.8) is 0 Å². The Kier molecular flexibility index (Phi) is 5.26. The molecule has 0 aliphatic heterocycles. The van der Waals surface area contributed by atoms with Crippen molar-refractivity contribution in [1.82, 2.24) is 20.0 Å². The van der Waals surface area contributed by atoms with Gasteiger partial charge in [-0.1, -0.05) is 42.5 Å². The second-order valence-electron chi connectivity index (χ2n) is 7.67. The first-order valence-electron chi connectivity index (χ1n) is 9.77. The summed E-state index contributed by atoms with van der Waals surface area (Å²) in [7, 11) is 4.10. The van der Waals surface area contributed by atoms with Crippen LogP contribution < -0.4 is 5.32 Å². The molecule has 0 saturated heterocycles. The highest BCUT2D eigenvalue weighted by molar-refractivity contribution is 5.93. The molecule has 1 aliphatic rings. The molecule has 1 N–H and O–H groups in total. The van der Waals surface area contributed by atoms with Gasteiger partial charge in [0.15, 0.2) is 0 Å². The molecule has 4 rings (SSSR count). The number of aromatic nitrogens is 2. The van der Waals surface area contributed by atoms with Gasteiger partial charge in [0.2, 0.25) is 0 Å². The average molecular weight is 374 g/mol. The van der Waals surface area contributed by atoms with Gasteiger partial charge in [-0.05, 0) is 56.3 Å². The number of amides is 1. The molecule has 144 valence electrons. The Morgan fingerprint density at radius 3 is 2.43 bits per heavy atom. The smallest absolute Gasteiger partial charge is 0.270 e. The van der Waals surface area contributed by atoms with Crippen LogP contribution in [0.1, 0.15) is 46.1 Å². The zero-order chi connectivity index (χ0) is 19.5. The van der Waals surface area contributed by atoms with Gasteiger partial charge in [-0.25, -0.2) is 4.68 Å². The minimum Gasteiger partial charge on any atom is -0.347 e. The number of nitrogens with zero attached hydrogens (tertiary/aromatic N) is 3. The van der Waals surface area contributed by atoms with Gasteiger partial charge in [0.25, 0.3) is 5.91 Å². The summed E-state index contributed by atoms with van der Waals surface area (Å²) in [6.45, 7) is 1.35. The minimum absolute atomic E-state index is 0.0945. The number of nitrogens with one attached hydrogen (secondary N) is 1. The lowest BCUT2D eigenvalue weighted by Gasteiger charge is -2.15. The van der Waals surface area contributed by atoms with Crippen LogP contribution in [0.3, 0.4) is 0 Å². The van der Waals surface area contributed by atoms with Crippen LogP contribution in [-0.4, -0.2) is 34.7 Å². The third kappa shape index (κ3) is 4.15. The lowest BCUT2D eigenvalue weighted by atomic mass is 10.1. The van der Waals surface area contributed by atoms with Crippen molar-refractivity contribution in [2.75, 3.05) is 14.1 Å². The average Bonchev–Trinajstić information content (AvgIpc) is 3.45. The molecule has 1 amide bonds. The quantitative estimate of drug-likeness (QED) is 0.685. The molecule has 1 heterocycles. The van der Waals surface area contributed by atoms with Crippen molar-refractivity contribution in [1.29, 1.82) is 0 Å². The first-order chi connectivity index (χ1) is 13.6. The highest BCUT2D eigenvalue weighted by atomic mass is 16.2. The molecule has 0 atom stereocenters. The summed E-state index contributed by atoms with van der Waals surface area (Å²) in [5.74, 6) is 0.403. The van der Waals surface area contributed by atoms with Gasteiger partial charge in [-0.2, -0.15) is 5.10 Å². The number of carbonyl (C=O) groups excluding carboxylic acids is 1. The number of benzene rings is 2. The summed E-state index contributed by atoms with van der Waals surface area (Å²) in [6, 6.07) is 20.0. The molecule has 28 heavy (non-hydrogen) atoms. The van der Waals surface area contributed by atoms with E-state index in [0.29, 0.717) is 18.2 Å². The second kappa shape index (κ2) is 7.98. The van der Waals surface area contributed by atoms with Gasteiger partial charge in [0, 0.05) is 19.0 Å². The number of rotatable bonds is 7. The fraction of sp³-hybridized carbons (Fsp3) is 0.304. The van der Waals surface area contributed by atoms with Gasteiger partial charge in [0.1, 0.15) is 5.69 Å². The maximum Gasteiger partial charge on any atom is 0.270 e. The van der Waals surface area contributed by atoms with Crippen molar-refractivity contribution < 1.29 is 4.79 Å². The molecular weight excluding hydrogens is 348 g/mol. The highest BCUT2D eigenvalue weighted by Gasteiger charge is 2.29. The monoisotopic (exact) mass is 374 g/mol. The van der Waals surface area contributed by atoms with Crippen LogP contribution in [0.5, 0.6) is 0 Å². The molecule has 1 aliphatic carbocycles. The first kappa shape index (κ1) is 18.4. The number of hydrogen-bond acceptors (Lipinski definition) is 3. The summed E-state index contributed by atoms with van der Waals surface area (Å²) in [4.78, 5) is 15.2. The Labute approximate surface area is 166 Å². The van der Waals surface area contributed by atoms with Crippen LogP contribution in [-0.2, 0) is 13.1 Å². The van der Waals surface area contributed by atoms with E-state index in [4.69, 9.17) is 5.10 Å². The van der Waals surface area contributed by atoms with Crippen molar-refractivity contribution in [2.45, 2.75) is 31.8 Å². The van der Waals surface area contributed by atoms with E-state index in [2.05, 4.69) is 22.3 Å². The maximum atomic E-state index is 13.0. The number of hydrogen-bond donors (Lipinski definition) is 1. The van der Waals surface area contributed by atoms with Gasteiger partial charge in [-0.15, -0.1) is 0 Å². The summed E-state index contributed by atoms with van der Waals surface area (Å²) in [5.41, 5.74) is 4.88. The van der Waals surface area contributed by atoms with Gasteiger partial charge in [-0.3, -0.25) is 4.79 Å². The predicted molar refractivity (Wildman–Crippen MR) is 111 cm³/mol. The van der Waals surface area contributed by atoms with E-state index in [-0.39, 0.29) is 5.91 Å². The Balaban J connectivity index is 1.56. The lowest BCUT2D eigenvalue weighted by molar-refractivity contribution is 0.0943. The van der Waals surface area contributed by atoms with Gasteiger partial charge < -0.3 is 10.2 Å². The zero-order valence-electron chi connectivity index (χ0n) is 16.4. The Bertz CT molecular complexity index is 958. The Morgan fingerprint density at radius 2 is 1.75 bits per heavy atom. The van der Waals surface area contributed by atoms with E-state index >= 15 is 0 Å². The topological polar surface area (TPSA) is 50.2 Å². The molecule has 2 aromatic carbocycles. The molecule has 5 heteroatoms. The Morgan fingerprint density at radius 1 is 1.07 bits per heavy atom. The first-order valence-corrected chi connectivity index (χ1v) is 9.77. The van der Waals surface area contributed by atoms with E-state index in [1.165, 1.54) is 5.56 Å². The van der Waals surface area contributed by atoms with Crippen molar-refractivity contribution >= 4 is 5.91 Å². The van der Waals surface area contributed by atoms with Crippen LogP contribution in [0, 0.1) is 0 Å². The van der Waals surface area contributed by atoms with E-state index in [9.17, 15) is 4.79 Å². The predicted octanol–water partition coefficient (Wildman–Crippen LogP) is 3.74. The second-order valence-corrected chi connectivity index (χ2v) is 7.67. The SMILES string of the molecule is CN(C)Cc1ccccc1CNC(=O)c1cc(C2CC2)nn1-c1ccccc1. The molecule has 1 fully saturated rings. The van der Waals surface area contributed by atoms with Crippen LogP contribution in [0.2, 0.25) is 0 Å². The highest BCUT2D eigenvalue weighted by Crippen LogP contribution is 2.39. The molecular formula is C23H26N4O. The van der Waals surface area contributed by atoms with E-state index in [1.807, 2.05) is 62.6 Å². The van der Waals surface area contributed by atoms with E-state index in [1.54, 1.807) is 4.68 Å². The van der Waals surface area contributed by atoms with E-state index in [0.717, 1.165) is 36.3 Å². The molecule has 3 aromatic rings. The largest absolute Gasteiger partial charge is 0.347 e. The van der Waals surface area contributed by atoms with Crippen LogP contribution >= 0.6 is 0 Å². The third-order valence-corrected chi connectivity index (χ3v) is 5.00. The lowest BCUT2D eigenvalue weighted by Crippen LogP contribution is -2.26. The summed E-state index contributed by atoms with van der Waals surface area (Å²) >= 11 is 0. The molecule has 0 unspecified atom stereocenters. The fourth-order valence-electron chi connectivity index (χ4n) is 3.40. The van der Waals surface area contributed by atoms with Crippen LogP contribution in [0.4, 0.5) is 0 Å². The number of carbonyl (C=O) groups is 1. The van der Waals surface area contributed by atoms with Crippen molar-refractivity contribution in [3.8, 4) is 5.69 Å². The summed E-state index contributed by atoms with van der Waals surface area (Å²) in [6.07, 6.45) is 2.32. The number of para-hydroxylation sites is 1. The van der Waals surface area contributed by atoms with E-state index < -0.39 is 0 Å². The van der Waals surface area contributed by atoms with Crippen LogP contribution in [0.15, 0.2) is 60.7 Å². The minimum atomic E-state index is -0.0945. The molecule has 1 aromatic heterocycles. The maximum absolute atomic E-state index is 13.0. The van der Waals surface area contributed by atoms with Gasteiger partial charge >= 0.3 is 0 Å². The molecule has 0 radical (unpaired) electrons. The van der Waals surface area contributed by atoms with Gasteiger partial charge in [0.05, 0.1) is 11.4 Å². The fourth-order valence-corrected chi connectivity index (χ4v) is 3.40. The normalized spacial score (nSPS) is 13.7. The zero-order valence-corrected chi connectivity index (χ0v) is 16.4. The summed E-state index contributed by atoms with van der Waals surface area (Å²) in [5, 5.41) is 7.82. The molecule has 0 bridgehead atoms. The molecule has 5 nitrogen and oxygen atoms in total. The molecule has 1 saturated carbocycles. The van der Waals surface area contributed by atoms with Crippen molar-refractivity contribution in [3.05, 3.63) is 83.2 Å². The standard InChI is InChI=1S/C23H26N4O/c1-26(2)16-19-9-7-6-8-18(19)15-24-23(28)22-14-21(17-12-13-17)25-27(22)20-10-4-3-5-11-20/h3-11,14,17H,12-13,15-16H2,1-2H3,(H,24,28).